The van der Waals surface area contributed by atoms with Crippen molar-refractivity contribution in [3.8, 4) is 0 Å². The Morgan fingerprint density at radius 3 is 2.85 bits per heavy atom. The Balaban J connectivity index is 3.06. The molecule has 0 unspecified atom stereocenters. The van der Waals surface area contributed by atoms with Crippen LogP contribution < -0.4 is 5.73 Å². The van der Waals surface area contributed by atoms with Gasteiger partial charge in [-0.3, -0.25) is 0 Å². The molecule has 1 heterocycles. The molecule has 0 radical (unpaired) electrons. The summed E-state index contributed by atoms with van der Waals surface area (Å²) in [5.74, 6) is -0.141. The van der Waals surface area contributed by atoms with Crippen LogP contribution in [0.3, 0.4) is 0 Å². The number of ether oxygens (including phenoxy) is 1. The number of nitrogen functional groups attached to an aromatic ring is 1. The molecule has 1 aromatic heterocycles. The van der Waals surface area contributed by atoms with E-state index in [2.05, 4.69) is 14.9 Å². The predicted octanol–water partition coefficient (Wildman–Crippen LogP) is 0.408. The lowest BCUT2D eigenvalue weighted by molar-refractivity contribution is 0.0592. The van der Waals surface area contributed by atoms with E-state index in [1.165, 1.54) is 7.11 Å². The predicted molar refractivity (Wildman–Crippen MR) is 47.2 cm³/mol. The number of esters is 1. The van der Waals surface area contributed by atoms with Crippen molar-refractivity contribution in [1.82, 2.24) is 10.2 Å². The van der Waals surface area contributed by atoms with Gasteiger partial charge in [0.1, 0.15) is 5.82 Å². The Kier molecular flexibility index (Phi) is 2.79. The van der Waals surface area contributed by atoms with E-state index in [4.69, 9.17) is 5.73 Å². The number of nitrogens with two attached hydrogens (primary N) is 1. The van der Waals surface area contributed by atoms with Crippen LogP contribution in [0.1, 0.15) is 23.0 Å². The van der Waals surface area contributed by atoms with Gasteiger partial charge >= 0.3 is 5.97 Å². The zero-order valence-corrected chi connectivity index (χ0v) is 7.57. The molecule has 1 rings (SSSR count). The van der Waals surface area contributed by atoms with E-state index in [9.17, 15) is 4.79 Å². The topological polar surface area (TPSA) is 78.1 Å². The van der Waals surface area contributed by atoms with Crippen LogP contribution in [0, 0.1) is 0 Å². The Bertz CT molecular complexity index is 325. The Hall–Kier alpha value is -1.65. The monoisotopic (exact) mass is 181 g/mol. The fourth-order valence-electron chi connectivity index (χ4n) is 0.927. The van der Waals surface area contributed by atoms with Crippen molar-refractivity contribution in [1.29, 1.82) is 0 Å². The van der Waals surface area contributed by atoms with E-state index >= 15 is 0 Å². The molecule has 0 atom stereocenters. The minimum Gasteiger partial charge on any atom is -0.464 e. The van der Waals surface area contributed by atoms with Gasteiger partial charge in [0.15, 0.2) is 5.69 Å². The fourth-order valence-corrected chi connectivity index (χ4v) is 0.927. The molecule has 2 N–H and O–H groups in total. The number of aromatic nitrogens is 2. The van der Waals surface area contributed by atoms with Crippen LogP contribution in [0.25, 0.3) is 0 Å². The number of carbonyl (C=O) groups excluding carboxylic acids is 1. The molecular weight excluding hydrogens is 170 g/mol. The molecule has 0 amide bonds. The number of hydrogen-bond donors (Lipinski definition) is 1. The quantitative estimate of drug-likeness (QED) is 0.668. The van der Waals surface area contributed by atoms with Crippen molar-refractivity contribution in [2.75, 3.05) is 12.8 Å². The van der Waals surface area contributed by atoms with Gasteiger partial charge in [-0.2, -0.15) is 0 Å². The molecule has 70 valence electrons. The number of aryl methyl sites for hydroxylation is 1. The van der Waals surface area contributed by atoms with Crippen molar-refractivity contribution < 1.29 is 9.53 Å². The Labute approximate surface area is 75.9 Å². The van der Waals surface area contributed by atoms with Crippen LogP contribution >= 0.6 is 0 Å². The van der Waals surface area contributed by atoms with Gasteiger partial charge in [0.2, 0.25) is 0 Å². The smallest absolute Gasteiger partial charge is 0.358 e. The van der Waals surface area contributed by atoms with Crippen molar-refractivity contribution in [2.45, 2.75) is 13.3 Å². The summed E-state index contributed by atoms with van der Waals surface area (Å²) in [4.78, 5) is 11.0. The van der Waals surface area contributed by atoms with Crippen molar-refractivity contribution in [3.63, 3.8) is 0 Å². The third-order valence-corrected chi connectivity index (χ3v) is 1.68. The minimum absolute atomic E-state index is 0.188. The summed E-state index contributed by atoms with van der Waals surface area (Å²) in [6.45, 7) is 1.93. The SMILES string of the molecule is CCc1cc(C(=O)OC)nnc1N. The lowest BCUT2D eigenvalue weighted by Crippen LogP contribution is -2.09. The molecule has 5 nitrogen and oxygen atoms in total. The number of hydrogen-bond acceptors (Lipinski definition) is 5. The lowest BCUT2D eigenvalue weighted by Gasteiger charge is -2.02. The summed E-state index contributed by atoms with van der Waals surface area (Å²) < 4.78 is 4.49. The first-order chi connectivity index (χ1) is 6.19. The molecule has 1 aromatic rings. The second-order valence-electron chi connectivity index (χ2n) is 2.49. The first-order valence-corrected chi connectivity index (χ1v) is 3.89. The van der Waals surface area contributed by atoms with Gasteiger partial charge in [0, 0.05) is 0 Å². The van der Waals surface area contributed by atoms with Gasteiger partial charge in [-0.25, -0.2) is 4.79 Å². The second-order valence-corrected chi connectivity index (χ2v) is 2.49. The van der Waals surface area contributed by atoms with Crippen LogP contribution in [-0.4, -0.2) is 23.3 Å². The first-order valence-electron chi connectivity index (χ1n) is 3.89. The van der Waals surface area contributed by atoms with Crippen LogP contribution in [0.4, 0.5) is 5.82 Å². The number of nitrogens with zero attached hydrogens (tertiary/aromatic N) is 2. The standard InChI is InChI=1S/C8H11N3O2/c1-3-5-4-6(8(12)13-2)10-11-7(5)9/h4H,3H2,1-2H3,(H2,9,11). The maximum absolute atomic E-state index is 11.0. The van der Waals surface area contributed by atoms with Crippen molar-refractivity contribution in [2.24, 2.45) is 0 Å². The number of anilines is 1. The summed E-state index contributed by atoms with van der Waals surface area (Å²) in [6, 6.07) is 1.59. The molecule has 13 heavy (non-hydrogen) atoms. The van der Waals surface area contributed by atoms with Crippen molar-refractivity contribution >= 4 is 11.8 Å². The Morgan fingerprint density at radius 2 is 2.31 bits per heavy atom. The normalized spacial score (nSPS) is 9.69. The molecule has 0 saturated carbocycles. The maximum Gasteiger partial charge on any atom is 0.358 e. The highest BCUT2D eigenvalue weighted by Crippen LogP contribution is 2.09. The second kappa shape index (κ2) is 3.84. The molecule has 0 aromatic carbocycles. The van der Waals surface area contributed by atoms with E-state index in [1.807, 2.05) is 6.92 Å². The largest absolute Gasteiger partial charge is 0.464 e. The van der Waals surface area contributed by atoms with E-state index in [-0.39, 0.29) is 5.69 Å². The van der Waals surface area contributed by atoms with E-state index in [0.29, 0.717) is 12.2 Å². The maximum atomic E-state index is 11.0. The van der Waals surface area contributed by atoms with Gasteiger partial charge in [-0.15, -0.1) is 10.2 Å². The first kappa shape index (κ1) is 9.44. The average Bonchev–Trinajstić information content (AvgIpc) is 2.17. The minimum atomic E-state index is -0.498. The highest BCUT2D eigenvalue weighted by Gasteiger charge is 2.10. The summed E-state index contributed by atoms with van der Waals surface area (Å²) in [7, 11) is 1.30. The number of methoxy groups -OCH3 is 1. The summed E-state index contributed by atoms with van der Waals surface area (Å²) >= 11 is 0. The van der Waals surface area contributed by atoms with Gasteiger partial charge in [-0.1, -0.05) is 6.92 Å². The highest BCUT2D eigenvalue weighted by molar-refractivity contribution is 5.87. The van der Waals surface area contributed by atoms with Crippen LogP contribution in [0.2, 0.25) is 0 Å². The molecule has 0 spiro atoms. The van der Waals surface area contributed by atoms with E-state index in [1.54, 1.807) is 6.07 Å². The van der Waals surface area contributed by atoms with Gasteiger partial charge < -0.3 is 10.5 Å². The molecule has 0 aliphatic heterocycles. The zero-order valence-electron chi connectivity index (χ0n) is 7.57. The fraction of sp³-hybridized carbons (Fsp3) is 0.375. The molecule has 0 saturated heterocycles. The summed E-state index contributed by atoms with van der Waals surface area (Å²) in [5, 5.41) is 7.25. The lowest BCUT2D eigenvalue weighted by atomic mass is 10.2. The van der Waals surface area contributed by atoms with E-state index < -0.39 is 5.97 Å². The third-order valence-electron chi connectivity index (χ3n) is 1.68. The van der Waals surface area contributed by atoms with Gasteiger partial charge in [0.05, 0.1) is 7.11 Å². The van der Waals surface area contributed by atoms with Gasteiger partial charge in [0.25, 0.3) is 0 Å². The highest BCUT2D eigenvalue weighted by atomic mass is 16.5. The molecule has 0 bridgehead atoms. The number of rotatable bonds is 2. The summed E-state index contributed by atoms with van der Waals surface area (Å²) in [6.07, 6.45) is 0.714. The summed E-state index contributed by atoms with van der Waals surface area (Å²) in [5.41, 5.74) is 6.51. The van der Waals surface area contributed by atoms with Crippen LogP contribution in [0.5, 0.6) is 0 Å². The third kappa shape index (κ3) is 1.93. The van der Waals surface area contributed by atoms with Crippen molar-refractivity contribution in [3.05, 3.63) is 17.3 Å². The van der Waals surface area contributed by atoms with Gasteiger partial charge in [-0.05, 0) is 18.1 Å². The molecule has 0 aliphatic carbocycles. The average molecular weight is 181 g/mol. The zero-order chi connectivity index (χ0) is 9.84. The van der Waals surface area contributed by atoms with E-state index in [0.717, 1.165) is 5.56 Å². The van der Waals surface area contributed by atoms with Crippen LogP contribution in [0.15, 0.2) is 6.07 Å². The molecule has 0 aliphatic rings. The molecule has 5 heteroatoms. The Morgan fingerprint density at radius 1 is 1.62 bits per heavy atom. The number of carbonyl (C=O) groups is 1. The van der Waals surface area contributed by atoms with Crippen LogP contribution in [-0.2, 0) is 11.2 Å². The molecular formula is C8H11N3O2. The molecule has 0 fully saturated rings.